The zero-order valence-corrected chi connectivity index (χ0v) is 22.5. The number of aryl methyl sites for hydroxylation is 2. The summed E-state index contributed by atoms with van der Waals surface area (Å²) in [4.78, 5) is 25.3. The number of benzene rings is 2. The molecule has 1 unspecified atom stereocenters. The van der Waals surface area contributed by atoms with E-state index in [0.717, 1.165) is 28.8 Å². The number of nitrogen functional groups attached to an aromatic ring is 1. The van der Waals surface area contributed by atoms with E-state index in [9.17, 15) is 27.9 Å². The van der Waals surface area contributed by atoms with Crippen LogP contribution in [0.2, 0.25) is 0 Å². The quantitative estimate of drug-likeness (QED) is 0.246. The minimum Gasteiger partial charge on any atom is -0.398 e. The molecule has 0 heterocycles. The highest BCUT2D eigenvalue weighted by Crippen LogP contribution is 2.31. The number of nitrogens with two attached hydrogens (primary N) is 1. The van der Waals surface area contributed by atoms with Crippen LogP contribution in [0.5, 0.6) is 0 Å². The molecule has 0 bridgehead atoms. The van der Waals surface area contributed by atoms with Gasteiger partial charge in [0.15, 0.2) is 0 Å². The van der Waals surface area contributed by atoms with Gasteiger partial charge >= 0.3 is 6.18 Å². The van der Waals surface area contributed by atoms with Crippen molar-refractivity contribution in [3.63, 3.8) is 0 Å². The molecular formula is C28H39F3N4O3. The molecule has 10 heteroatoms. The highest BCUT2D eigenvalue weighted by molar-refractivity contribution is 6.00. The van der Waals surface area contributed by atoms with Gasteiger partial charge in [-0.15, -0.1) is 0 Å². The molecule has 0 fully saturated rings. The van der Waals surface area contributed by atoms with Crippen molar-refractivity contribution in [2.45, 2.75) is 77.7 Å². The molecule has 6 N–H and O–H groups in total. The number of anilines is 1. The van der Waals surface area contributed by atoms with E-state index in [2.05, 4.69) is 22.0 Å². The van der Waals surface area contributed by atoms with E-state index >= 15 is 0 Å². The lowest BCUT2D eigenvalue weighted by atomic mass is 9.84. The molecule has 2 aromatic rings. The Morgan fingerprint density at radius 3 is 2.26 bits per heavy atom. The fourth-order valence-corrected chi connectivity index (χ4v) is 4.54. The van der Waals surface area contributed by atoms with Crippen molar-refractivity contribution in [2.24, 2.45) is 0 Å². The molecule has 0 spiro atoms. The van der Waals surface area contributed by atoms with E-state index in [1.165, 1.54) is 0 Å². The Morgan fingerprint density at radius 2 is 1.68 bits per heavy atom. The van der Waals surface area contributed by atoms with Gasteiger partial charge in [0.25, 0.3) is 5.91 Å². The fraction of sp³-hybridized carbons (Fsp3) is 0.500. The summed E-state index contributed by atoms with van der Waals surface area (Å²) in [5.74, 6) is -1.47. The minimum absolute atomic E-state index is 0.135. The number of nitrogens with one attached hydrogen (secondary N) is 3. The largest absolute Gasteiger partial charge is 0.416 e. The van der Waals surface area contributed by atoms with E-state index in [-0.39, 0.29) is 17.8 Å². The zero-order valence-electron chi connectivity index (χ0n) is 22.5. The lowest BCUT2D eigenvalue weighted by Gasteiger charge is -2.37. The first-order valence-electron chi connectivity index (χ1n) is 12.8. The van der Waals surface area contributed by atoms with Crippen LogP contribution < -0.4 is 21.7 Å². The number of rotatable bonds is 13. The maximum Gasteiger partial charge on any atom is 0.416 e. The Balaban J connectivity index is 2.10. The van der Waals surface area contributed by atoms with E-state index in [1.807, 2.05) is 39.8 Å². The molecule has 0 radical (unpaired) electrons. The van der Waals surface area contributed by atoms with Crippen molar-refractivity contribution in [1.29, 1.82) is 0 Å². The smallest absolute Gasteiger partial charge is 0.398 e. The van der Waals surface area contributed by atoms with E-state index in [4.69, 9.17) is 5.73 Å². The lowest BCUT2D eigenvalue weighted by molar-refractivity contribution is -0.137. The molecule has 38 heavy (non-hydrogen) atoms. The van der Waals surface area contributed by atoms with Crippen molar-refractivity contribution in [3.8, 4) is 0 Å². The standard InChI is InChI=1S/C28H39F3N4O3/c1-5-11-27(38,12-6-2)24(16-33-15-20-8-7-18(3)13-19(20)4)35-25(36)17-34-26(37)22-14-21(28(29,30)31)9-10-23(22)32/h7-10,13-14,24,33,38H,5-6,11-12,15-17,32H2,1-4H3,(H,34,37)(H,35,36). The summed E-state index contributed by atoms with van der Waals surface area (Å²) in [5, 5.41) is 19.9. The van der Waals surface area contributed by atoms with Crippen molar-refractivity contribution < 1.29 is 27.9 Å². The van der Waals surface area contributed by atoms with Crippen molar-refractivity contribution in [1.82, 2.24) is 16.0 Å². The molecular weight excluding hydrogens is 497 g/mol. The molecule has 0 aromatic heterocycles. The van der Waals surface area contributed by atoms with Crippen molar-refractivity contribution in [3.05, 3.63) is 64.2 Å². The number of amides is 2. The maximum absolute atomic E-state index is 13.0. The number of alkyl halides is 3. The van der Waals surface area contributed by atoms with E-state index in [0.29, 0.717) is 38.3 Å². The first-order chi connectivity index (χ1) is 17.8. The second kappa shape index (κ2) is 13.6. The number of carbonyl (C=O) groups is 2. The average molecular weight is 537 g/mol. The Morgan fingerprint density at radius 1 is 1.03 bits per heavy atom. The Bertz CT molecular complexity index is 1100. The normalized spacial score (nSPS) is 12.7. The lowest BCUT2D eigenvalue weighted by Crippen LogP contribution is -2.58. The SMILES string of the molecule is CCCC(O)(CCC)C(CNCc1ccc(C)cc1C)NC(=O)CNC(=O)c1cc(C(F)(F)F)ccc1N. The predicted molar refractivity (Wildman–Crippen MR) is 143 cm³/mol. The third-order valence-electron chi connectivity index (χ3n) is 6.55. The third-order valence-corrected chi connectivity index (χ3v) is 6.55. The molecule has 0 saturated carbocycles. The molecule has 0 aliphatic rings. The third kappa shape index (κ3) is 8.73. The van der Waals surface area contributed by atoms with E-state index < -0.39 is 41.7 Å². The Kier molecular flexibility index (Phi) is 11.1. The van der Waals surface area contributed by atoms with Crippen LogP contribution >= 0.6 is 0 Å². The minimum atomic E-state index is -4.64. The molecule has 7 nitrogen and oxygen atoms in total. The number of hydrogen-bond acceptors (Lipinski definition) is 5. The molecule has 0 aliphatic heterocycles. The number of aliphatic hydroxyl groups is 1. The van der Waals surface area contributed by atoms with Crippen LogP contribution in [0, 0.1) is 13.8 Å². The molecule has 2 rings (SSSR count). The van der Waals surface area contributed by atoms with Gasteiger partial charge < -0.3 is 26.8 Å². The van der Waals surface area contributed by atoms with E-state index in [1.54, 1.807) is 0 Å². The van der Waals surface area contributed by atoms with Crippen LogP contribution in [0.4, 0.5) is 18.9 Å². The second-order valence-electron chi connectivity index (χ2n) is 9.77. The average Bonchev–Trinajstić information content (AvgIpc) is 2.83. The van der Waals surface area contributed by atoms with Gasteiger partial charge in [0.05, 0.1) is 29.3 Å². The van der Waals surface area contributed by atoms with Crippen LogP contribution in [-0.4, -0.2) is 41.7 Å². The summed E-state index contributed by atoms with van der Waals surface area (Å²) in [6, 6.07) is 7.93. The van der Waals surface area contributed by atoms with Crippen LogP contribution in [0.3, 0.4) is 0 Å². The number of halogens is 3. The van der Waals surface area contributed by atoms with Gasteiger partial charge in [0, 0.05) is 18.8 Å². The number of hydrogen-bond donors (Lipinski definition) is 5. The van der Waals surface area contributed by atoms with Gasteiger partial charge in [-0.1, -0.05) is 50.5 Å². The first kappa shape index (κ1) is 31.1. The second-order valence-corrected chi connectivity index (χ2v) is 9.77. The van der Waals surface area contributed by atoms with Crippen LogP contribution in [0.1, 0.15) is 72.1 Å². The van der Waals surface area contributed by atoms with Crippen LogP contribution in [0.15, 0.2) is 36.4 Å². The molecule has 2 aromatic carbocycles. The van der Waals surface area contributed by atoms with Crippen molar-refractivity contribution >= 4 is 17.5 Å². The molecule has 1 atom stereocenters. The highest BCUT2D eigenvalue weighted by atomic mass is 19.4. The summed E-state index contributed by atoms with van der Waals surface area (Å²) in [7, 11) is 0. The van der Waals surface area contributed by atoms with Gasteiger partial charge in [0.2, 0.25) is 5.91 Å². The monoisotopic (exact) mass is 536 g/mol. The fourth-order valence-electron chi connectivity index (χ4n) is 4.54. The maximum atomic E-state index is 13.0. The van der Waals surface area contributed by atoms with Gasteiger partial charge in [-0.2, -0.15) is 13.2 Å². The molecule has 2 amide bonds. The predicted octanol–water partition coefficient (Wildman–Crippen LogP) is 4.24. The Hall–Kier alpha value is -3.11. The van der Waals surface area contributed by atoms with Gasteiger partial charge in [-0.25, -0.2) is 0 Å². The Labute approximate surface area is 222 Å². The summed E-state index contributed by atoms with van der Waals surface area (Å²) in [5.41, 5.74) is 6.39. The van der Waals surface area contributed by atoms with Gasteiger partial charge in [0.1, 0.15) is 0 Å². The first-order valence-corrected chi connectivity index (χ1v) is 12.8. The van der Waals surface area contributed by atoms with Crippen molar-refractivity contribution in [2.75, 3.05) is 18.8 Å². The van der Waals surface area contributed by atoms with Crippen LogP contribution in [0.25, 0.3) is 0 Å². The summed E-state index contributed by atoms with van der Waals surface area (Å²) < 4.78 is 39.1. The highest BCUT2D eigenvalue weighted by Gasteiger charge is 2.36. The molecule has 0 aliphatic carbocycles. The summed E-state index contributed by atoms with van der Waals surface area (Å²) in [6.07, 6.45) is -2.31. The topological polar surface area (TPSA) is 116 Å². The molecule has 210 valence electrons. The van der Waals surface area contributed by atoms with Crippen LogP contribution in [-0.2, 0) is 17.5 Å². The number of carbonyl (C=O) groups excluding carboxylic acids is 2. The summed E-state index contributed by atoms with van der Waals surface area (Å²) >= 11 is 0. The van der Waals surface area contributed by atoms with Gasteiger partial charge in [-0.05, 0) is 56.0 Å². The molecule has 0 saturated heterocycles. The summed E-state index contributed by atoms with van der Waals surface area (Å²) in [6.45, 7) is 8.27. The van der Waals surface area contributed by atoms with Gasteiger partial charge in [-0.3, -0.25) is 9.59 Å². The zero-order chi connectivity index (χ0) is 28.5.